The zero-order valence-electron chi connectivity index (χ0n) is 14.1. The molecule has 7 nitrogen and oxygen atoms in total. The maximum atomic E-state index is 5.49. The van der Waals surface area contributed by atoms with Crippen molar-refractivity contribution in [2.75, 3.05) is 19.8 Å². The highest BCUT2D eigenvalue weighted by Gasteiger charge is 2.28. The number of ether oxygens (including phenoxy) is 1. The van der Waals surface area contributed by atoms with Crippen molar-refractivity contribution in [3.05, 3.63) is 35.9 Å². The van der Waals surface area contributed by atoms with Crippen LogP contribution in [0.15, 0.2) is 24.3 Å². The molecule has 130 valence electrons. The third kappa shape index (κ3) is 2.73. The zero-order valence-corrected chi connectivity index (χ0v) is 14.1. The number of fused-ring (bicyclic) bond motifs is 1. The number of rotatable bonds is 3. The summed E-state index contributed by atoms with van der Waals surface area (Å²) in [4.78, 5) is 13.1. The van der Waals surface area contributed by atoms with Crippen LogP contribution in [0.5, 0.6) is 0 Å². The van der Waals surface area contributed by atoms with E-state index in [1.807, 2.05) is 28.9 Å². The van der Waals surface area contributed by atoms with E-state index in [0.717, 1.165) is 67.7 Å². The lowest BCUT2D eigenvalue weighted by Gasteiger charge is -2.18. The average molecular weight is 338 g/mol. The molecule has 2 aliphatic rings. The van der Waals surface area contributed by atoms with Crippen LogP contribution in [0.2, 0.25) is 0 Å². The maximum absolute atomic E-state index is 5.49. The number of H-pyrrole nitrogens is 1. The Morgan fingerprint density at radius 3 is 2.76 bits per heavy atom. The Kier molecular flexibility index (Phi) is 3.75. The van der Waals surface area contributed by atoms with Gasteiger partial charge in [-0.25, -0.2) is 9.97 Å². The summed E-state index contributed by atoms with van der Waals surface area (Å²) in [5.41, 5.74) is 1.97. The molecule has 0 radical (unpaired) electrons. The molecule has 2 aromatic heterocycles. The summed E-state index contributed by atoms with van der Waals surface area (Å²) in [6.07, 6.45) is 4.24. The first-order valence-electron chi connectivity index (χ1n) is 9.11. The maximum Gasteiger partial charge on any atom is 0.230 e. The van der Waals surface area contributed by atoms with Gasteiger partial charge in [0.1, 0.15) is 0 Å². The van der Waals surface area contributed by atoms with E-state index >= 15 is 0 Å². The molecule has 5 rings (SSSR count). The molecule has 3 aromatic rings. The van der Waals surface area contributed by atoms with Crippen molar-refractivity contribution in [1.82, 2.24) is 30.0 Å². The zero-order chi connectivity index (χ0) is 16.6. The lowest BCUT2D eigenvalue weighted by molar-refractivity contribution is 0.0836. The molecule has 2 aliphatic heterocycles. The lowest BCUT2D eigenvalue weighted by Crippen LogP contribution is -2.18. The Hall–Kier alpha value is -2.25. The van der Waals surface area contributed by atoms with Gasteiger partial charge in [0.25, 0.3) is 0 Å². The molecule has 2 N–H and O–H groups in total. The van der Waals surface area contributed by atoms with Gasteiger partial charge in [0.2, 0.25) is 5.95 Å². The van der Waals surface area contributed by atoms with E-state index in [-0.39, 0.29) is 6.04 Å². The van der Waals surface area contributed by atoms with Gasteiger partial charge in [-0.05, 0) is 44.4 Å². The number of nitrogens with one attached hydrogen (secondary N) is 2. The van der Waals surface area contributed by atoms with Crippen LogP contribution in [0.3, 0.4) is 0 Å². The molecule has 0 saturated carbocycles. The molecule has 0 spiro atoms. The summed E-state index contributed by atoms with van der Waals surface area (Å²) in [5, 5.41) is 8.40. The fraction of sp³-hybridized carbons (Fsp3) is 0.500. The Balaban J connectivity index is 1.59. The molecule has 0 aliphatic carbocycles. The quantitative estimate of drug-likeness (QED) is 0.767. The second-order valence-electron chi connectivity index (χ2n) is 6.85. The minimum atomic E-state index is 0.245. The number of aromatic nitrogens is 5. The van der Waals surface area contributed by atoms with E-state index in [1.165, 1.54) is 6.42 Å². The molecule has 1 atom stereocenters. The van der Waals surface area contributed by atoms with Gasteiger partial charge in [-0.2, -0.15) is 4.68 Å². The number of nitrogens with zero attached hydrogens (tertiary/aromatic N) is 4. The molecule has 0 amide bonds. The van der Waals surface area contributed by atoms with Gasteiger partial charge in [-0.1, -0.05) is 12.1 Å². The minimum Gasteiger partial charge on any atom is -0.381 e. The van der Waals surface area contributed by atoms with Crippen molar-refractivity contribution in [2.45, 2.75) is 37.6 Å². The lowest BCUT2D eigenvalue weighted by atomic mass is 10.00. The highest BCUT2D eigenvalue weighted by atomic mass is 16.5. The Morgan fingerprint density at radius 1 is 1.08 bits per heavy atom. The molecule has 7 heteroatoms. The van der Waals surface area contributed by atoms with Crippen LogP contribution in [0.25, 0.3) is 17.0 Å². The Bertz CT molecular complexity index is 840. The summed E-state index contributed by atoms with van der Waals surface area (Å²) in [6.45, 7) is 2.62. The van der Waals surface area contributed by atoms with E-state index < -0.39 is 0 Å². The first-order chi connectivity index (χ1) is 12.4. The number of para-hydroxylation sites is 2. The van der Waals surface area contributed by atoms with Gasteiger partial charge in [-0.15, -0.1) is 5.10 Å². The molecule has 2 fully saturated rings. The third-order valence-electron chi connectivity index (χ3n) is 5.18. The van der Waals surface area contributed by atoms with Crippen molar-refractivity contribution >= 4 is 11.0 Å². The topological polar surface area (TPSA) is 80.7 Å². The molecule has 1 aromatic carbocycles. The van der Waals surface area contributed by atoms with E-state index in [0.29, 0.717) is 5.92 Å². The molecule has 25 heavy (non-hydrogen) atoms. The van der Waals surface area contributed by atoms with Crippen LogP contribution in [-0.2, 0) is 4.74 Å². The number of benzene rings is 1. The molecule has 2 saturated heterocycles. The normalized spacial score (nSPS) is 22.0. The van der Waals surface area contributed by atoms with Crippen molar-refractivity contribution in [3.8, 4) is 5.95 Å². The summed E-state index contributed by atoms with van der Waals surface area (Å²) < 4.78 is 7.40. The van der Waals surface area contributed by atoms with Crippen molar-refractivity contribution in [3.63, 3.8) is 0 Å². The first-order valence-corrected chi connectivity index (χ1v) is 9.11. The number of hydrogen-bond donors (Lipinski definition) is 2. The van der Waals surface area contributed by atoms with Crippen molar-refractivity contribution < 1.29 is 4.74 Å². The van der Waals surface area contributed by atoms with Crippen LogP contribution in [0.1, 0.15) is 49.3 Å². The van der Waals surface area contributed by atoms with Gasteiger partial charge >= 0.3 is 0 Å². The van der Waals surface area contributed by atoms with Crippen LogP contribution < -0.4 is 5.32 Å². The second-order valence-corrected chi connectivity index (χ2v) is 6.85. The summed E-state index contributed by atoms with van der Waals surface area (Å²) in [7, 11) is 0. The van der Waals surface area contributed by atoms with E-state index in [2.05, 4.69) is 10.3 Å². The Labute approximate surface area is 145 Å². The van der Waals surface area contributed by atoms with Gasteiger partial charge < -0.3 is 15.0 Å². The van der Waals surface area contributed by atoms with E-state index in [1.54, 1.807) is 0 Å². The number of aromatic amines is 1. The van der Waals surface area contributed by atoms with Crippen LogP contribution in [-0.4, -0.2) is 44.5 Å². The van der Waals surface area contributed by atoms with E-state index in [9.17, 15) is 0 Å². The molecule has 0 bridgehead atoms. The standard InChI is InChI=1S/C18H22N6O/c1-2-5-14-13(4-1)20-18(21-14)24-17(15-6-3-9-19-15)22-16(23-24)12-7-10-25-11-8-12/h1-2,4-5,12,15,19H,3,6-11H2,(H,20,21)/t15-/m0/s1. The van der Waals surface area contributed by atoms with Crippen molar-refractivity contribution in [1.29, 1.82) is 0 Å². The Morgan fingerprint density at radius 2 is 1.96 bits per heavy atom. The summed E-state index contributed by atoms with van der Waals surface area (Å²) >= 11 is 0. The largest absolute Gasteiger partial charge is 0.381 e. The molecular weight excluding hydrogens is 316 g/mol. The highest BCUT2D eigenvalue weighted by Crippen LogP contribution is 2.29. The fourth-order valence-electron chi connectivity index (χ4n) is 3.80. The number of hydrogen-bond acceptors (Lipinski definition) is 5. The van der Waals surface area contributed by atoms with Crippen LogP contribution >= 0.6 is 0 Å². The molecule has 0 unspecified atom stereocenters. The average Bonchev–Trinajstić information content (AvgIpc) is 3.39. The monoisotopic (exact) mass is 338 g/mol. The predicted molar refractivity (Wildman–Crippen MR) is 93.8 cm³/mol. The summed E-state index contributed by atoms with van der Waals surface area (Å²) in [5.74, 6) is 3.01. The number of imidazole rings is 1. The SMILES string of the molecule is c1ccc2[nH]c(-n3nc(C4CCOCC4)nc3[C@@H]3CCCN3)nc2c1. The van der Waals surface area contributed by atoms with Gasteiger partial charge in [0, 0.05) is 19.1 Å². The third-order valence-corrected chi connectivity index (χ3v) is 5.18. The first kappa shape index (κ1) is 15.0. The smallest absolute Gasteiger partial charge is 0.230 e. The fourth-order valence-corrected chi connectivity index (χ4v) is 3.80. The molecular formula is C18H22N6O. The van der Waals surface area contributed by atoms with E-state index in [4.69, 9.17) is 19.8 Å². The highest BCUT2D eigenvalue weighted by molar-refractivity contribution is 5.75. The van der Waals surface area contributed by atoms with Crippen LogP contribution in [0.4, 0.5) is 0 Å². The summed E-state index contributed by atoms with van der Waals surface area (Å²) in [6, 6.07) is 8.31. The second kappa shape index (κ2) is 6.24. The van der Waals surface area contributed by atoms with Gasteiger partial charge in [0.15, 0.2) is 11.6 Å². The van der Waals surface area contributed by atoms with Gasteiger partial charge in [-0.3, -0.25) is 0 Å². The van der Waals surface area contributed by atoms with Crippen LogP contribution in [0, 0.1) is 0 Å². The van der Waals surface area contributed by atoms with Crippen molar-refractivity contribution in [2.24, 2.45) is 0 Å². The van der Waals surface area contributed by atoms with Gasteiger partial charge in [0.05, 0.1) is 17.1 Å². The molecule has 4 heterocycles. The minimum absolute atomic E-state index is 0.245. The predicted octanol–water partition coefficient (Wildman–Crippen LogP) is 2.46.